The number of nitrogens with two attached hydrogens (primary N) is 1. The first-order valence-corrected chi connectivity index (χ1v) is 6.53. The van der Waals surface area contributed by atoms with Crippen LogP contribution >= 0.6 is 23.2 Å². The van der Waals surface area contributed by atoms with Crippen LogP contribution in [0.15, 0.2) is 42.5 Å². The van der Waals surface area contributed by atoms with Crippen molar-refractivity contribution in [2.75, 3.05) is 11.9 Å². The Bertz CT molecular complexity index is 575. The molecule has 0 radical (unpaired) electrons. The van der Waals surface area contributed by atoms with Gasteiger partial charge in [-0.3, -0.25) is 0 Å². The van der Waals surface area contributed by atoms with Crippen LogP contribution in [0, 0.1) is 5.82 Å². The van der Waals surface area contributed by atoms with Gasteiger partial charge in [0.15, 0.2) is 0 Å². The number of benzene rings is 2. The van der Waals surface area contributed by atoms with E-state index in [0.717, 1.165) is 11.3 Å². The summed E-state index contributed by atoms with van der Waals surface area (Å²) in [7, 11) is 0. The minimum absolute atomic E-state index is 0.0869. The van der Waals surface area contributed by atoms with Crippen LogP contribution in [0.5, 0.6) is 0 Å². The Morgan fingerprint density at radius 3 is 2.58 bits per heavy atom. The summed E-state index contributed by atoms with van der Waals surface area (Å²) >= 11 is 11.7. The quantitative estimate of drug-likeness (QED) is 0.886. The Morgan fingerprint density at radius 1 is 1.16 bits per heavy atom. The molecule has 2 aromatic rings. The predicted octanol–water partition coefficient (Wildman–Crippen LogP) is 4.24. The zero-order valence-corrected chi connectivity index (χ0v) is 11.5. The lowest BCUT2D eigenvalue weighted by molar-refractivity contribution is 0.626. The largest absolute Gasteiger partial charge is 0.377 e. The molecule has 0 spiro atoms. The molecule has 0 saturated heterocycles. The lowest BCUT2D eigenvalue weighted by atomic mass is 10.1. The zero-order chi connectivity index (χ0) is 13.8. The molecule has 3 N–H and O–H groups in total. The summed E-state index contributed by atoms with van der Waals surface area (Å²) in [6.45, 7) is 0.356. The number of nitrogens with one attached hydrogen (secondary N) is 1. The van der Waals surface area contributed by atoms with Gasteiger partial charge in [-0.1, -0.05) is 35.3 Å². The highest BCUT2D eigenvalue weighted by Gasteiger charge is 2.11. The van der Waals surface area contributed by atoms with E-state index in [1.807, 2.05) is 12.1 Å². The van der Waals surface area contributed by atoms with Gasteiger partial charge in [-0.15, -0.1) is 0 Å². The second-order valence-corrected chi connectivity index (χ2v) is 4.96. The van der Waals surface area contributed by atoms with E-state index in [1.54, 1.807) is 24.3 Å². The molecule has 2 rings (SSSR count). The van der Waals surface area contributed by atoms with Gasteiger partial charge in [-0.2, -0.15) is 0 Å². The van der Waals surface area contributed by atoms with Crippen molar-refractivity contribution in [2.45, 2.75) is 6.04 Å². The molecule has 2 nitrogen and oxygen atoms in total. The van der Waals surface area contributed by atoms with Crippen LogP contribution < -0.4 is 11.1 Å². The third kappa shape index (κ3) is 3.60. The fourth-order valence-electron chi connectivity index (χ4n) is 1.79. The molecule has 0 heterocycles. The third-order valence-electron chi connectivity index (χ3n) is 2.75. The normalized spacial score (nSPS) is 12.2. The second kappa shape index (κ2) is 6.24. The Balaban J connectivity index is 2.22. The summed E-state index contributed by atoms with van der Waals surface area (Å²) in [6, 6.07) is 11.7. The number of anilines is 1. The highest BCUT2D eigenvalue weighted by atomic mass is 35.5. The molecule has 0 fully saturated rings. The summed E-state index contributed by atoms with van der Waals surface area (Å²) in [6.07, 6.45) is 0. The monoisotopic (exact) mass is 298 g/mol. The van der Waals surface area contributed by atoms with Crippen LogP contribution in [0.1, 0.15) is 11.6 Å². The van der Waals surface area contributed by atoms with Crippen molar-refractivity contribution in [1.29, 1.82) is 0 Å². The number of halogens is 3. The van der Waals surface area contributed by atoms with Gasteiger partial charge in [0.25, 0.3) is 0 Å². The molecule has 1 unspecified atom stereocenters. The first-order chi connectivity index (χ1) is 9.10. The van der Waals surface area contributed by atoms with Crippen LogP contribution in [0.2, 0.25) is 10.0 Å². The van der Waals surface area contributed by atoms with Crippen molar-refractivity contribution in [1.82, 2.24) is 0 Å². The first kappa shape index (κ1) is 14.1. The molecule has 0 aliphatic carbocycles. The first-order valence-electron chi connectivity index (χ1n) is 5.77. The van der Waals surface area contributed by atoms with Gasteiger partial charge in [0, 0.05) is 17.3 Å². The Morgan fingerprint density at radius 2 is 1.95 bits per heavy atom. The predicted molar refractivity (Wildman–Crippen MR) is 78.3 cm³/mol. The standard InChI is InChI=1S/C14H13Cl2FN2/c15-10-2-1-3-11(7-10)19-14(8-18)9-4-5-13(17)12(16)6-9/h1-7,14,19H,8,18H2. The second-order valence-electron chi connectivity index (χ2n) is 4.12. The summed E-state index contributed by atoms with van der Waals surface area (Å²) in [5.74, 6) is -0.441. The van der Waals surface area contributed by atoms with Crippen molar-refractivity contribution >= 4 is 28.9 Å². The lowest BCUT2D eigenvalue weighted by Gasteiger charge is -2.19. The highest BCUT2D eigenvalue weighted by Crippen LogP contribution is 2.24. The molecule has 0 amide bonds. The third-order valence-corrected chi connectivity index (χ3v) is 3.27. The topological polar surface area (TPSA) is 38.0 Å². The van der Waals surface area contributed by atoms with Gasteiger partial charge in [0.2, 0.25) is 0 Å². The van der Waals surface area contributed by atoms with Gasteiger partial charge in [-0.05, 0) is 35.9 Å². The minimum Gasteiger partial charge on any atom is -0.377 e. The Labute approximate surface area is 121 Å². The number of hydrogen-bond donors (Lipinski definition) is 2. The van der Waals surface area contributed by atoms with Crippen LogP contribution in [-0.4, -0.2) is 6.54 Å². The van der Waals surface area contributed by atoms with E-state index < -0.39 is 5.82 Å². The van der Waals surface area contributed by atoms with Gasteiger partial charge in [-0.25, -0.2) is 4.39 Å². The lowest BCUT2D eigenvalue weighted by Crippen LogP contribution is -2.20. The van der Waals surface area contributed by atoms with Gasteiger partial charge in [0.1, 0.15) is 5.82 Å². The molecule has 19 heavy (non-hydrogen) atoms. The van der Waals surface area contributed by atoms with Crippen LogP contribution in [0.4, 0.5) is 10.1 Å². The van der Waals surface area contributed by atoms with Crippen molar-refractivity contribution in [2.24, 2.45) is 5.73 Å². The summed E-state index contributed by atoms with van der Waals surface area (Å²) < 4.78 is 13.1. The Hall–Kier alpha value is -1.29. The van der Waals surface area contributed by atoms with Crippen LogP contribution in [0.25, 0.3) is 0 Å². The maximum Gasteiger partial charge on any atom is 0.141 e. The van der Waals surface area contributed by atoms with Crippen LogP contribution in [-0.2, 0) is 0 Å². The SMILES string of the molecule is NCC(Nc1cccc(Cl)c1)c1ccc(F)c(Cl)c1. The van der Waals surface area contributed by atoms with Crippen molar-refractivity contribution in [3.63, 3.8) is 0 Å². The molecule has 0 aliphatic heterocycles. The maximum absolute atomic E-state index is 13.1. The number of rotatable bonds is 4. The molecular weight excluding hydrogens is 286 g/mol. The fraction of sp³-hybridized carbons (Fsp3) is 0.143. The average Bonchev–Trinajstić information content (AvgIpc) is 2.39. The van der Waals surface area contributed by atoms with Gasteiger partial charge < -0.3 is 11.1 Å². The van der Waals surface area contributed by atoms with Crippen molar-refractivity contribution in [3.05, 3.63) is 63.9 Å². The smallest absolute Gasteiger partial charge is 0.141 e. The van der Waals surface area contributed by atoms with Crippen molar-refractivity contribution < 1.29 is 4.39 Å². The summed E-state index contributed by atoms with van der Waals surface area (Å²) in [4.78, 5) is 0. The number of hydrogen-bond acceptors (Lipinski definition) is 2. The van der Waals surface area contributed by atoms with E-state index in [-0.39, 0.29) is 11.1 Å². The molecule has 100 valence electrons. The van der Waals surface area contributed by atoms with Crippen LogP contribution in [0.3, 0.4) is 0 Å². The molecule has 0 bridgehead atoms. The van der Waals surface area contributed by atoms with Crippen molar-refractivity contribution in [3.8, 4) is 0 Å². The Kier molecular flexibility index (Phi) is 4.64. The molecule has 5 heteroatoms. The van der Waals surface area contributed by atoms with E-state index in [4.69, 9.17) is 28.9 Å². The van der Waals surface area contributed by atoms with Gasteiger partial charge in [0.05, 0.1) is 11.1 Å². The van der Waals surface area contributed by atoms with Gasteiger partial charge >= 0.3 is 0 Å². The molecule has 2 aromatic carbocycles. The zero-order valence-electron chi connectivity index (χ0n) is 10.0. The minimum atomic E-state index is -0.441. The average molecular weight is 299 g/mol. The van der Waals surface area contributed by atoms with E-state index in [0.29, 0.717) is 11.6 Å². The fourth-order valence-corrected chi connectivity index (χ4v) is 2.17. The van der Waals surface area contributed by atoms with E-state index in [1.165, 1.54) is 6.07 Å². The summed E-state index contributed by atoms with van der Waals surface area (Å²) in [5, 5.41) is 3.97. The molecule has 1 atom stereocenters. The molecule has 0 aliphatic rings. The van der Waals surface area contributed by atoms with E-state index >= 15 is 0 Å². The maximum atomic E-state index is 13.1. The molecular formula is C14H13Cl2FN2. The molecule has 0 aromatic heterocycles. The molecule has 0 saturated carbocycles. The summed E-state index contributed by atoms with van der Waals surface area (Å²) in [5.41, 5.74) is 7.42. The highest BCUT2D eigenvalue weighted by molar-refractivity contribution is 6.31. The van der Waals surface area contributed by atoms with E-state index in [9.17, 15) is 4.39 Å². The van der Waals surface area contributed by atoms with E-state index in [2.05, 4.69) is 5.32 Å².